The van der Waals surface area contributed by atoms with Gasteiger partial charge in [-0.2, -0.15) is 0 Å². The van der Waals surface area contributed by atoms with E-state index >= 15 is 0 Å². The number of hydrogen-bond acceptors (Lipinski definition) is 10. The van der Waals surface area contributed by atoms with E-state index in [1.54, 1.807) is 25.7 Å². The molecule has 1 aliphatic heterocycles. The summed E-state index contributed by atoms with van der Waals surface area (Å²) in [6, 6.07) is -1.34. The van der Waals surface area contributed by atoms with Crippen LogP contribution in [0.5, 0.6) is 0 Å². The third kappa shape index (κ3) is 30.6. The van der Waals surface area contributed by atoms with Gasteiger partial charge in [-0.25, -0.2) is 14.4 Å². The van der Waals surface area contributed by atoms with Gasteiger partial charge in [-0.15, -0.1) is 0 Å². The van der Waals surface area contributed by atoms with Gasteiger partial charge in [0.05, 0.1) is 19.8 Å². The average Bonchev–Trinajstić information content (AvgIpc) is 3.12. The zero-order chi connectivity index (χ0) is 43.2. The first-order valence-electron chi connectivity index (χ1n) is 21.9. The second kappa shape index (κ2) is 30.6. The SMILES string of the molecule is CC(C)(C)OC(=O)CCCCCCCCCCCCCCCCC(=O)N[C@@H](CCC(=O)N1CCC(NC(=O)NCCOCCOCC(=O)O)CC1)C(=O)OC(C)(C)C. The molecule has 1 saturated heterocycles. The van der Waals surface area contributed by atoms with E-state index in [1.165, 1.54) is 51.4 Å². The van der Waals surface area contributed by atoms with Crippen LogP contribution in [0.3, 0.4) is 0 Å². The Morgan fingerprint density at radius 3 is 1.67 bits per heavy atom. The molecule has 0 aromatic heterocycles. The molecule has 0 aromatic carbocycles. The number of ether oxygens (including phenoxy) is 4. The summed E-state index contributed by atoms with van der Waals surface area (Å²) in [7, 11) is 0. The number of carbonyl (C=O) groups excluding carboxylic acids is 5. The van der Waals surface area contributed by atoms with Gasteiger partial charge < -0.3 is 44.9 Å². The molecule has 1 heterocycles. The van der Waals surface area contributed by atoms with Crippen molar-refractivity contribution in [3.8, 4) is 0 Å². The fourth-order valence-corrected chi connectivity index (χ4v) is 6.51. The zero-order valence-corrected chi connectivity index (χ0v) is 36.7. The van der Waals surface area contributed by atoms with Crippen LogP contribution in [0.25, 0.3) is 0 Å². The largest absolute Gasteiger partial charge is 0.480 e. The van der Waals surface area contributed by atoms with Crippen molar-refractivity contribution in [2.24, 2.45) is 0 Å². The number of carbonyl (C=O) groups is 6. The smallest absolute Gasteiger partial charge is 0.329 e. The maximum absolute atomic E-state index is 13.1. The molecule has 15 heteroatoms. The molecule has 0 saturated carbocycles. The highest BCUT2D eigenvalue weighted by molar-refractivity contribution is 5.85. The fraction of sp³-hybridized carbons (Fsp3) is 0.860. The van der Waals surface area contributed by atoms with Crippen LogP contribution in [0.15, 0.2) is 0 Å². The summed E-state index contributed by atoms with van der Waals surface area (Å²) < 4.78 is 21.1. The van der Waals surface area contributed by atoms with E-state index in [0.717, 1.165) is 38.5 Å². The van der Waals surface area contributed by atoms with Crippen molar-refractivity contribution in [2.45, 2.75) is 193 Å². The number of carboxylic acids is 1. The van der Waals surface area contributed by atoms with Crippen LogP contribution in [0.2, 0.25) is 0 Å². The summed E-state index contributed by atoms with van der Waals surface area (Å²) >= 11 is 0. The van der Waals surface area contributed by atoms with Crippen LogP contribution in [0.4, 0.5) is 4.79 Å². The Bertz CT molecular complexity index is 1190. The van der Waals surface area contributed by atoms with Crippen molar-refractivity contribution in [1.29, 1.82) is 0 Å². The lowest BCUT2D eigenvalue weighted by atomic mass is 10.0. The molecule has 1 rings (SSSR count). The number of urea groups is 1. The number of hydrogen-bond donors (Lipinski definition) is 4. The highest BCUT2D eigenvalue weighted by Crippen LogP contribution is 2.17. The second-order valence-corrected chi connectivity index (χ2v) is 17.3. The van der Waals surface area contributed by atoms with Crippen molar-refractivity contribution in [3.05, 3.63) is 0 Å². The zero-order valence-electron chi connectivity index (χ0n) is 36.7. The number of nitrogens with one attached hydrogen (secondary N) is 3. The Kier molecular flexibility index (Phi) is 27.7. The third-order valence-electron chi connectivity index (χ3n) is 9.44. The monoisotopic (exact) mass is 827 g/mol. The van der Waals surface area contributed by atoms with Gasteiger partial charge in [0.2, 0.25) is 11.8 Å². The summed E-state index contributed by atoms with van der Waals surface area (Å²) in [4.78, 5) is 75.1. The van der Waals surface area contributed by atoms with Gasteiger partial charge in [0, 0.05) is 44.9 Å². The lowest BCUT2D eigenvalue weighted by Crippen LogP contribution is -2.50. The van der Waals surface area contributed by atoms with Crippen LogP contribution in [-0.2, 0) is 42.9 Å². The Hall–Kier alpha value is -3.46. The molecule has 0 radical (unpaired) electrons. The third-order valence-corrected chi connectivity index (χ3v) is 9.44. The first-order valence-corrected chi connectivity index (χ1v) is 21.9. The van der Waals surface area contributed by atoms with Gasteiger partial charge in [0.1, 0.15) is 23.9 Å². The van der Waals surface area contributed by atoms with Crippen LogP contribution >= 0.6 is 0 Å². The standard InChI is InChI=1S/C43H78N4O11/c1-42(2,3)57-39(52)22-20-18-16-14-12-10-8-7-9-11-13-15-17-19-21-36(48)46-35(40(53)58-43(4,5)6)23-24-37(49)47-28-25-34(26-29-47)45-41(54)44-27-30-55-31-32-56-33-38(50)51/h34-35H,7-33H2,1-6H3,(H,46,48)(H,50,51)(H2,44,45,54)/t35-/m0/s1. The number of esters is 2. The molecule has 0 aromatic rings. The number of nitrogens with zero attached hydrogens (tertiary/aromatic N) is 1. The average molecular weight is 827 g/mol. The number of aliphatic carboxylic acids is 1. The number of carboxylic acid groups (broad SMARTS) is 1. The molecule has 1 atom stereocenters. The first kappa shape index (κ1) is 52.6. The molecule has 4 amide bonds. The Balaban J connectivity index is 2.21. The summed E-state index contributed by atoms with van der Waals surface area (Å²) in [5.74, 6) is -2.02. The normalized spacial score (nSPS) is 14.1. The summed E-state index contributed by atoms with van der Waals surface area (Å²) in [5, 5.41) is 17.0. The van der Waals surface area contributed by atoms with E-state index in [0.29, 0.717) is 38.8 Å². The topological polar surface area (TPSA) is 199 Å². The lowest BCUT2D eigenvalue weighted by Gasteiger charge is -2.33. The van der Waals surface area contributed by atoms with Crippen molar-refractivity contribution in [3.63, 3.8) is 0 Å². The van der Waals surface area contributed by atoms with Crippen LogP contribution < -0.4 is 16.0 Å². The quantitative estimate of drug-likeness (QED) is 0.0435. The maximum Gasteiger partial charge on any atom is 0.329 e. The predicted octanol–water partition coefficient (Wildman–Crippen LogP) is 6.58. The second-order valence-electron chi connectivity index (χ2n) is 17.3. The Labute approximate surface area is 348 Å². The van der Waals surface area contributed by atoms with Gasteiger partial charge in [-0.3, -0.25) is 14.4 Å². The number of piperidine rings is 1. The van der Waals surface area contributed by atoms with Gasteiger partial charge in [-0.1, -0.05) is 77.0 Å². The van der Waals surface area contributed by atoms with E-state index in [4.69, 9.17) is 24.1 Å². The number of amides is 4. The van der Waals surface area contributed by atoms with E-state index < -0.39 is 29.2 Å². The molecule has 0 bridgehead atoms. The van der Waals surface area contributed by atoms with Crippen LogP contribution in [0.1, 0.15) is 170 Å². The van der Waals surface area contributed by atoms with Crippen molar-refractivity contribution >= 4 is 35.8 Å². The van der Waals surface area contributed by atoms with E-state index in [9.17, 15) is 28.8 Å². The highest BCUT2D eigenvalue weighted by atomic mass is 16.6. The summed E-state index contributed by atoms with van der Waals surface area (Å²) in [5.41, 5.74) is -1.14. The summed E-state index contributed by atoms with van der Waals surface area (Å²) in [6.45, 7) is 12.5. The van der Waals surface area contributed by atoms with E-state index in [1.807, 2.05) is 20.8 Å². The van der Waals surface area contributed by atoms with Crippen molar-refractivity contribution in [2.75, 3.05) is 46.1 Å². The molecular formula is C43H78N4O11. The van der Waals surface area contributed by atoms with E-state index in [-0.39, 0.29) is 75.7 Å². The van der Waals surface area contributed by atoms with Crippen LogP contribution in [0, 0.1) is 0 Å². The Morgan fingerprint density at radius 2 is 1.16 bits per heavy atom. The molecule has 1 aliphatic rings. The molecule has 58 heavy (non-hydrogen) atoms. The minimum atomic E-state index is -1.05. The minimum Gasteiger partial charge on any atom is -0.480 e. The van der Waals surface area contributed by atoms with Gasteiger partial charge >= 0.3 is 23.9 Å². The maximum atomic E-state index is 13.1. The number of likely N-dealkylation sites (tertiary alicyclic amines) is 1. The minimum absolute atomic E-state index is 0.0848. The predicted molar refractivity (Wildman–Crippen MR) is 222 cm³/mol. The molecule has 336 valence electrons. The molecule has 0 spiro atoms. The number of unbranched alkanes of at least 4 members (excludes halogenated alkanes) is 13. The molecular weight excluding hydrogens is 748 g/mol. The number of rotatable bonds is 31. The van der Waals surface area contributed by atoms with E-state index in [2.05, 4.69) is 16.0 Å². The molecule has 1 fully saturated rings. The molecule has 0 unspecified atom stereocenters. The lowest BCUT2D eigenvalue weighted by molar-refractivity contribution is -0.159. The van der Waals surface area contributed by atoms with Crippen molar-refractivity contribution in [1.82, 2.24) is 20.9 Å². The van der Waals surface area contributed by atoms with Crippen LogP contribution in [-0.4, -0.2) is 115 Å². The molecule has 15 nitrogen and oxygen atoms in total. The Morgan fingerprint density at radius 1 is 0.655 bits per heavy atom. The molecule has 0 aliphatic carbocycles. The molecule has 4 N–H and O–H groups in total. The summed E-state index contributed by atoms with van der Waals surface area (Å²) in [6.07, 6.45) is 18.0. The first-order chi connectivity index (χ1) is 27.4. The van der Waals surface area contributed by atoms with Crippen molar-refractivity contribution < 1.29 is 52.8 Å². The highest BCUT2D eigenvalue weighted by Gasteiger charge is 2.29. The van der Waals surface area contributed by atoms with Gasteiger partial charge in [0.15, 0.2) is 0 Å². The van der Waals surface area contributed by atoms with Gasteiger partial charge in [0.25, 0.3) is 0 Å². The van der Waals surface area contributed by atoms with Gasteiger partial charge in [-0.05, 0) is 73.6 Å². The fourth-order valence-electron chi connectivity index (χ4n) is 6.51.